The van der Waals surface area contributed by atoms with Gasteiger partial charge in [0.2, 0.25) is 0 Å². The van der Waals surface area contributed by atoms with Gasteiger partial charge in [0.25, 0.3) is 0 Å². The summed E-state index contributed by atoms with van der Waals surface area (Å²) in [7, 11) is 0. The minimum absolute atomic E-state index is 0.213. The average molecular weight is 310 g/mol. The molecule has 0 bridgehead atoms. The first-order valence-electron chi connectivity index (χ1n) is 8.13. The minimum atomic E-state index is 0.213. The Kier molecular flexibility index (Phi) is 4.86. The lowest BCUT2D eigenvalue weighted by atomic mass is 9.83. The smallest absolute Gasteiger partial charge is 0.191 e. The standard InChI is InChI=1S/C15H26N4OS/c1-12-17-18-14(19(12)10-9-16)21-11-13-5-8-15(20-13)6-3-2-4-7-15/h13H,2-11,16H2,1H3. The monoisotopic (exact) mass is 310 g/mol. The van der Waals surface area contributed by atoms with Crippen LogP contribution in [0, 0.1) is 6.92 Å². The molecule has 5 nitrogen and oxygen atoms in total. The number of rotatable bonds is 5. The molecule has 0 radical (unpaired) electrons. The average Bonchev–Trinajstić information content (AvgIpc) is 3.04. The molecule has 21 heavy (non-hydrogen) atoms. The van der Waals surface area contributed by atoms with E-state index in [0.717, 1.165) is 23.3 Å². The first kappa shape index (κ1) is 15.3. The van der Waals surface area contributed by atoms with E-state index in [2.05, 4.69) is 14.8 Å². The number of hydrogen-bond acceptors (Lipinski definition) is 5. The second-order valence-electron chi connectivity index (χ2n) is 6.30. The lowest BCUT2D eigenvalue weighted by molar-refractivity contribution is -0.0555. The van der Waals surface area contributed by atoms with Gasteiger partial charge in [0.1, 0.15) is 5.82 Å². The van der Waals surface area contributed by atoms with Gasteiger partial charge in [0.05, 0.1) is 11.7 Å². The molecule has 3 rings (SSSR count). The normalized spacial score (nSPS) is 24.8. The van der Waals surface area contributed by atoms with E-state index in [4.69, 9.17) is 10.5 Å². The number of nitrogens with zero attached hydrogens (tertiary/aromatic N) is 3. The summed E-state index contributed by atoms with van der Waals surface area (Å²) in [5.74, 6) is 1.92. The Morgan fingerprint density at radius 3 is 2.86 bits per heavy atom. The molecule has 1 saturated carbocycles. The van der Waals surface area contributed by atoms with Gasteiger partial charge in [0.15, 0.2) is 5.16 Å². The number of nitrogens with two attached hydrogens (primary N) is 1. The third-order valence-electron chi connectivity index (χ3n) is 4.76. The number of aromatic nitrogens is 3. The number of hydrogen-bond donors (Lipinski definition) is 1. The molecule has 1 saturated heterocycles. The van der Waals surface area contributed by atoms with Gasteiger partial charge in [-0.2, -0.15) is 0 Å². The van der Waals surface area contributed by atoms with E-state index < -0.39 is 0 Å². The number of aryl methyl sites for hydroxylation is 1. The molecule has 1 aromatic rings. The zero-order chi connectivity index (χ0) is 14.7. The van der Waals surface area contributed by atoms with Crippen molar-refractivity contribution in [3.8, 4) is 0 Å². The van der Waals surface area contributed by atoms with E-state index in [0.29, 0.717) is 12.6 Å². The fourth-order valence-electron chi connectivity index (χ4n) is 3.60. The van der Waals surface area contributed by atoms with Crippen molar-refractivity contribution in [2.24, 2.45) is 5.73 Å². The maximum atomic E-state index is 6.42. The van der Waals surface area contributed by atoms with Crippen LogP contribution in [0.2, 0.25) is 0 Å². The zero-order valence-electron chi connectivity index (χ0n) is 12.9. The van der Waals surface area contributed by atoms with E-state index in [1.54, 1.807) is 11.8 Å². The highest BCUT2D eigenvalue weighted by Crippen LogP contribution is 2.42. The third-order valence-corrected chi connectivity index (χ3v) is 5.85. The quantitative estimate of drug-likeness (QED) is 0.847. The summed E-state index contributed by atoms with van der Waals surface area (Å²) in [6.07, 6.45) is 9.38. The van der Waals surface area contributed by atoms with Crippen molar-refractivity contribution in [1.29, 1.82) is 0 Å². The summed E-state index contributed by atoms with van der Waals surface area (Å²) in [4.78, 5) is 0. The number of ether oxygens (including phenoxy) is 1. The zero-order valence-corrected chi connectivity index (χ0v) is 13.7. The fraction of sp³-hybridized carbons (Fsp3) is 0.867. The van der Waals surface area contributed by atoms with Crippen LogP contribution in [0.5, 0.6) is 0 Å². The highest BCUT2D eigenvalue weighted by molar-refractivity contribution is 7.99. The molecule has 1 aliphatic carbocycles. The fourth-order valence-corrected chi connectivity index (χ4v) is 4.65. The van der Waals surface area contributed by atoms with E-state index in [-0.39, 0.29) is 5.60 Å². The SMILES string of the molecule is Cc1nnc(SCC2CCC3(CCCCC3)O2)n1CCN. The molecule has 6 heteroatoms. The molecular weight excluding hydrogens is 284 g/mol. The predicted octanol–water partition coefficient (Wildman–Crippen LogP) is 2.52. The molecule has 118 valence electrons. The summed E-state index contributed by atoms with van der Waals surface area (Å²) in [6.45, 7) is 3.39. The van der Waals surface area contributed by atoms with Gasteiger partial charge in [-0.25, -0.2) is 0 Å². The molecule has 1 unspecified atom stereocenters. The second kappa shape index (κ2) is 6.67. The van der Waals surface area contributed by atoms with Gasteiger partial charge in [0, 0.05) is 18.8 Å². The molecule has 1 spiro atoms. The van der Waals surface area contributed by atoms with Gasteiger partial charge >= 0.3 is 0 Å². The van der Waals surface area contributed by atoms with Crippen molar-refractivity contribution < 1.29 is 4.74 Å². The van der Waals surface area contributed by atoms with Gasteiger partial charge in [-0.05, 0) is 32.6 Å². The Hall–Kier alpha value is -0.590. The predicted molar refractivity (Wildman–Crippen MR) is 84.5 cm³/mol. The maximum absolute atomic E-state index is 6.42. The molecular formula is C15H26N4OS. The Labute approximate surface area is 131 Å². The molecule has 1 aromatic heterocycles. The van der Waals surface area contributed by atoms with Crippen molar-refractivity contribution in [3.63, 3.8) is 0 Å². The maximum Gasteiger partial charge on any atom is 0.191 e. The Bertz CT molecular complexity index is 470. The van der Waals surface area contributed by atoms with Crippen LogP contribution in [-0.2, 0) is 11.3 Å². The van der Waals surface area contributed by atoms with Crippen molar-refractivity contribution in [3.05, 3.63) is 5.82 Å². The first-order valence-corrected chi connectivity index (χ1v) is 9.11. The topological polar surface area (TPSA) is 66.0 Å². The van der Waals surface area contributed by atoms with E-state index in [1.165, 1.54) is 44.9 Å². The molecule has 0 amide bonds. The van der Waals surface area contributed by atoms with Crippen molar-refractivity contribution >= 4 is 11.8 Å². The minimum Gasteiger partial charge on any atom is -0.371 e. The van der Waals surface area contributed by atoms with Crippen LogP contribution in [0.4, 0.5) is 0 Å². The van der Waals surface area contributed by atoms with E-state index in [9.17, 15) is 0 Å². The van der Waals surface area contributed by atoms with Crippen LogP contribution in [0.15, 0.2) is 5.16 Å². The summed E-state index contributed by atoms with van der Waals surface area (Å²) in [5, 5.41) is 9.40. The van der Waals surface area contributed by atoms with Crippen LogP contribution >= 0.6 is 11.8 Å². The van der Waals surface area contributed by atoms with Crippen molar-refractivity contribution in [1.82, 2.24) is 14.8 Å². The molecule has 2 aliphatic rings. The highest BCUT2D eigenvalue weighted by atomic mass is 32.2. The summed E-state index contributed by atoms with van der Waals surface area (Å²) in [6, 6.07) is 0. The lowest BCUT2D eigenvalue weighted by Crippen LogP contribution is -2.32. The van der Waals surface area contributed by atoms with Crippen LogP contribution in [-0.4, -0.2) is 38.8 Å². The van der Waals surface area contributed by atoms with Gasteiger partial charge in [-0.1, -0.05) is 31.0 Å². The van der Waals surface area contributed by atoms with Gasteiger partial charge in [-0.15, -0.1) is 10.2 Å². The van der Waals surface area contributed by atoms with Crippen LogP contribution in [0.25, 0.3) is 0 Å². The van der Waals surface area contributed by atoms with Crippen LogP contribution < -0.4 is 5.73 Å². The van der Waals surface area contributed by atoms with E-state index in [1.807, 2.05) is 6.92 Å². The van der Waals surface area contributed by atoms with Gasteiger partial charge in [-0.3, -0.25) is 0 Å². The van der Waals surface area contributed by atoms with Crippen molar-refractivity contribution in [2.75, 3.05) is 12.3 Å². The van der Waals surface area contributed by atoms with E-state index >= 15 is 0 Å². The molecule has 1 atom stereocenters. The molecule has 2 fully saturated rings. The van der Waals surface area contributed by atoms with Crippen LogP contribution in [0.1, 0.15) is 50.8 Å². The van der Waals surface area contributed by atoms with Gasteiger partial charge < -0.3 is 15.0 Å². The summed E-state index contributed by atoms with van der Waals surface area (Å²) >= 11 is 1.76. The molecule has 2 heterocycles. The molecule has 1 aliphatic heterocycles. The lowest BCUT2D eigenvalue weighted by Gasteiger charge is -2.33. The molecule has 2 N–H and O–H groups in total. The Morgan fingerprint density at radius 1 is 1.29 bits per heavy atom. The van der Waals surface area contributed by atoms with Crippen LogP contribution in [0.3, 0.4) is 0 Å². The summed E-state index contributed by atoms with van der Waals surface area (Å²) < 4.78 is 8.52. The summed E-state index contributed by atoms with van der Waals surface area (Å²) in [5.41, 5.74) is 5.87. The molecule has 0 aromatic carbocycles. The Balaban J connectivity index is 1.54. The van der Waals surface area contributed by atoms with Crippen molar-refractivity contribution in [2.45, 2.75) is 75.3 Å². The third kappa shape index (κ3) is 3.43. The number of thioether (sulfide) groups is 1. The largest absolute Gasteiger partial charge is 0.371 e. The first-order chi connectivity index (χ1) is 10.2. The second-order valence-corrected chi connectivity index (χ2v) is 7.29. The highest BCUT2D eigenvalue weighted by Gasteiger charge is 2.40. The Morgan fingerprint density at radius 2 is 2.10 bits per heavy atom.